The summed E-state index contributed by atoms with van der Waals surface area (Å²) in [5.41, 5.74) is 0.852. The van der Waals surface area contributed by atoms with Gasteiger partial charge >= 0.3 is 0 Å². The second-order valence-electron chi connectivity index (χ2n) is 7.31. The monoisotopic (exact) mass is 318 g/mol. The number of likely N-dealkylation sites (tertiary alicyclic amines) is 1. The molecular formula is C19H30N2O2. The van der Waals surface area contributed by atoms with Crippen molar-refractivity contribution in [3.63, 3.8) is 0 Å². The summed E-state index contributed by atoms with van der Waals surface area (Å²) in [6.07, 6.45) is 3.55. The zero-order valence-corrected chi connectivity index (χ0v) is 14.2. The first-order chi connectivity index (χ1) is 11.1. The fourth-order valence-corrected chi connectivity index (χ4v) is 3.94. The summed E-state index contributed by atoms with van der Waals surface area (Å²) >= 11 is 0. The summed E-state index contributed by atoms with van der Waals surface area (Å²) in [7, 11) is 0. The molecule has 128 valence electrons. The van der Waals surface area contributed by atoms with Crippen molar-refractivity contribution in [1.82, 2.24) is 10.2 Å². The van der Waals surface area contributed by atoms with Crippen LogP contribution in [-0.2, 0) is 11.3 Å². The number of benzene rings is 1. The molecule has 2 saturated heterocycles. The third kappa shape index (κ3) is 5.01. The SMILES string of the molecule is CC(CC1(O)CCOCC1)NC1CCN(Cc2ccccc2)C1. The second kappa shape index (κ2) is 7.75. The molecule has 2 atom stereocenters. The zero-order valence-electron chi connectivity index (χ0n) is 14.2. The molecule has 0 aliphatic carbocycles. The molecule has 1 aromatic rings. The normalized spacial score (nSPS) is 26.3. The molecule has 0 spiro atoms. The number of hydrogen-bond acceptors (Lipinski definition) is 4. The zero-order chi connectivity index (χ0) is 16.1. The Morgan fingerprint density at radius 3 is 2.78 bits per heavy atom. The quantitative estimate of drug-likeness (QED) is 0.844. The topological polar surface area (TPSA) is 44.7 Å². The third-order valence-corrected chi connectivity index (χ3v) is 5.15. The van der Waals surface area contributed by atoms with E-state index in [1.54, 1.807) is 0 Å². The lowest BCUT2D eigenvalue weighted by Crippen LogP contribution is -2.45. The van der Waals surface area contributed by atoms with E-state index in [1.165, 1.54) is 12.0 Å². The van der Waals surface area contributed by atoms with Crippen LogP contribution < -0.4 is 5.32 Å². The van der Waals surface area contributed by atoms with Crippen LogP contribution in [-0.4, -0.2) is 54.0 Å². The molecule has 2 fully saturated rings. The molecule has 1 aromatic carbocycles. The number of nitrogens with zero attached hydrogens (tertiary/aromatic N) is 1. The van der Waals surface area contributed by atoms with Crippen molar-refractivity contribution in [2.24, 2.45) is 0 Å². The van der Waals surface area contributed by atoms with Gasteiger partial charge in [0.15, 0.2) is 0 Å². The molecule has 0 saturated carbocycles. The summed E-state index contributed by atoms with van der Waals surface area (Å²) in [5, 5.41) is 14.4. The highest BCUT2D eigenvalue weighted by molar-refractivity contribution is 5.14. The first kappa shape index (κ1) is 16.9. The summed E-state index contributed by atoms with van der Waals surface area (Å²) in [6, 6.07) is 11.6. The molecule has 0 bridgehead atoms. The van der Waals surface area contributed by atoms with E-state index in [0.717, 1.165) is 38.9 Å². The third-order valence-electron chi connectivity index (χ3n) is 5.15. The Balaban J connectivity index is 1.42. The average molecular weight is 318 g/mol. The van der Waals surface area contributed by atoms with Crippen LogP contribution in [0.3, 0.4) is 0 Å². The summed E-state index contributed by atoms with van der Waals surface area (Å²) in [4.78, 5) is 2.52. The first-order valence-electron chi connectivity index (χ1n) is 8.95. The second-order valence-corrected chi connectivity index (χ2v) is 7.31. The number of ether oxygens (including phenoxy) is 1. The number of aliphatic hydroxyl groups is 1. The Bertz CT molecular complexity index is 474. The standard InChI is InChI=1S/C19H30N2O2/c1-16(13-19(22)8-11-23-12-9-19)20-18-7-10-21(15-18)14-17-5-3-2-4-6-17/h2-6,16,18,20,22H,7-15H2,1H3. The van der Waals surface area contributed by atoms with Crippen LogP contribution in [0.25, 0.3) is 0 Å². The molecule has 0 radical (unpaired) electrons. The molecule has 23 heavy (non-hydrogen) atoms. The van der Waals surface area contributed by atoms with E-state index in [2.05, 4.69) is 47.5 Å². The van der Waals surface area contributed by atoms with E-state index >= 15 is 0 Å². The van der Waals surface area contributed by atoms with Gasteiger partial charge in [0.2, 0.25) is 0 Å². The molecule has 0 aromatic heterocycles. The van der Waals surface area contributed by atoms with Crippen LogP contribution in [0.5, 0.6) is 0 Å². The maximum absolute atomic E-state index is 10.6. The highest BCUT2D eigenvalue weighted by Gasteiger charge is 2.32. The van der Waals surface area contributed by atoms with Crippen LogP contribution in [0, 0.1) is 0 Å². The average Bonchev–Trinajstić information content (AvgIpc) is 2.95. The Kier molecular flexibility index (Phi) is 5.70. The van der Waals surface area contributed by atoms with Crippen LogP contribution in [0.2, 0.25) is 0 Å². The van der Waals surface area contributed by atoms with Crippen molar-refractivity contribution in [3.8, 4) is 0 Å². The lowest BCUT2D eigenvalue weighted by molar-refractivity contribution is -0.0723. The highest BCUT2D eigenvalue weighted by atomic mass is 16.5. The molecule has 4 heteroatoms. The fourth-order valence-electron chi connectivity index (χ4n) is 3.94. The van der Waals surface area contributed by atoms with Gasteiger partial charge in [-0.3, -0.25) is 4.90 Å². The molecule has 2 heterocycles. The molecule has 2 N–H and O–H groups in total. The van der Waals surface area contributed by atoms with Gasteiger partial charge in [-0.1, -0.05) is 30.3 Å². The van der Waals surface area contributed by atoms with Gasteiger partial charge in [0.05, 0.1) is 5.60 Å². The van der Waals surface area contributed by atoms with Crippen molar-refractivity contribution in [2.75, 3.05) is 26.3 Å². The van der Waals surface area contributed by atoms with E-state index in [-0.39, 0.29) is 0 Å². The Labute approximate surface area is 139 Å². The van der Waals surface area contributed by atoms with E-state index in [9.17, 15) is 5.11 Å². The fraction of sp³-hybridized carbons (Fsp3) is 0.684. The Hall–Kier alpha value is -0.940. The van der Waals surface area contributed by atoms with Crippen LogP contribution >= 0.6 is 0 Å². The van der Waals surface area contributed by atoms with Gasteiger partial charge in [0, 0.05) is 44.9 Å². The summed E-state index contributed by atoms with van der Waals surface area (Å²) < 4.78 is 5.36. The van der Waals surface area contributed by atoms with Gasteiger partial charge in [-0.25, -0.2) is 0 Å². The first-order valence-corrected chi connectivity index (χ1v) is 8.95. The number of hydrogen-bond donors (Lipinski definition) is 2. The van der Waals surface area contributed by atoms with Crippen molar-refractivity contribution in [1.29, 1.82) is 0 Å². The van der Waals surface area contributed by atoms with E-state index in [1.807, 2.05) is 0 Å². The van der Waals surface area contributed by atoms with Crippen LogP contribution in [0.4, 0.5) is 0 Å². The van der Waals surface area contributed by atoms with E-state index in [0.29, 0.717) is 25.3 Å². The molecule has 2 aliphatic heterocycles. The number of rotatable bonds is 6. The number of nitrogens with one attached hydrogen (secondary N) is 1. The van der Waals surface area contributed by atoms with E-state index in [4.69, 9.17) is 4.74 Å². The van der Waals surface area contributed by atoms with Gasteiger partial charge in [-0.05, 0) is 38.2 Å². The predicted octanol–water partition coefficient (Wildman–Crippen LogP) is 2.17. The molecular weight excluding hydrogens is 288 g/mol. The van der Waals surface area contributed by atoms with Gasteiger partial charge in [0.25, 0.3) is 0 Å². The molecule has 2 aliphatic rings. The molecule has 2 unspecified atom stereocenters. The molecule has 4 nitrogen and oxygen atoms in total. The minimum absolute atomic E-state index is 0.347. The van der Waals surface area contributed by atoms with Crippen LogP contribution in [0.15, 0.2) is 30.3 Å². The Morgan fingerprint density at radius 2 is 2.04 bits per heavy atom. The maximum Gasteiger partial charge on any atom is 0.0706 e. The smallest absolute Gasteiger partial charge is 0.0706 e. The van der Waals surface area contributed by atoms with Crippen molar-refractivity contribution in [2.45, 2.75) is 56.8 Å². The lowest BCUT2D eigenvalue weighted by Gasteiger charge is -2.35. The molecule has 0 amide bonds. The van der Waals surface area contributed by atoms with Crippen molar-refractivity contribution >= 4 is 0 Å². The van der Waals surface area contributed by atoms with Gasteiger partial charge < -0.3 is 15.2 Å². The van der Waals surface area contributed by atoms with Crippen molar-refractivity contribution < 1.29 is 9.84 Å². The minimum Gasteiger partial charge on any atom is -0.390 e. The summed E-state index contributed by atoms with van der Waals surface area (Å²) in [6.45, 7) is 6.87. The lowest BCUT2D eigenvalue weighted by atomic mass is 9.87. The van der Waals surface area contributed by atoms with Gasteiger partial charge in [0.1, 0.15) is 0 Å². The summed E-state index contributed by atoms with van der Waals surface area (Å²) in [5.74, 6) is 0. The Morgan fingerprint density at radius 1 is 1.30 bits per heavy atom. The minimum atomic E-state index is -0.535. The van der Waals surface area contributed by atoms with Gasteiger partial charge in [-0.2, -0.15) is 0 Å². The van der Waals surface area contributed by atoms with E-state index < -0.39 is 5.60 Å². The maximum atomic E-state index is 10.6. The highest BCUT2D eigenvalue weighted by Crippen LogP contribution is 2.26. The van der Waals surface area contributed by atoms with Crippen LogP contribution in [0.1, 0.15) is 38.2 Å². The molecule has 3 rings (SSSR count). The largest absolute Gasteiger partial charge is 0.390 e. The van der Waals surface area contributed by atoms with Crippen molar-refractivity contribution in [3.05, 3.63) is 35.9 Å². The predicted molar refractivity (Wildman–Crippen MR) is 92.3 cm³/mol. The van der Waals surface area contributed by atoms with Gasteiger partial charge in [-0.15, -0.1) is 0 Å².